The van der Waals surface area contributed by atoms with Crippen molar-refractivity contribution in [3.8, 4) is 0 Å². The van der Waals surface area contributed by atoms with E-state index in [0.717, 1.165) is 5.69 Å². The SMILES string of the molecule is CCS(=O)(=O)c1ncc(C(C)C)n1C(C)C. The minimum atomic E-state index is -3.23. The summed E-state index contributed by atoms with van der Waals surface area (Å²) in [5.74, 6) is 0.365. The summed E-state index contributed by atoms with van der Waals surface area (Å²) in [6.07, 6.45) is 1.67. The van der Waals surface area contributed by atoms with Gasteiger partial charge in [0.15, 0.2) is 0 Å². The first-order valence-corrected chi connectivity index (χ1v) is 7.26. The summed E-state index contributed by atoms with van der Waals surface area (Å²) in [7, 11) is -3.23. The molecule has 0 atom stereocenters. The molecule has 0 unspecified atom stereocenters. The molecule has 1 rings (SSSR count). The lowest BCUT2D eigenvalue weighted by molar-refractivity contribution is 0.496. The van der Waals surface area contributed by atoms with Gasteiger partial charge in [0.2, 0.25) is 15.0 Å². The highest BCUT2D eigenvalue weighted by atomic mass is 32.2. The Morgan fingerprint density at radius 3 is 2.25 bits per heavy atom. The molecule has 0 N–H and O–H groups in total. The summed E-state index contributed by atoms with van der Waals surface area (Å²) < 4.78 is 25.6. The van der Waals surface area contributed by atoms with Crippen LogP contribution in [0.4, 0.5) is 0 Å². The van der Waals surface area contributed by atoms with Gasteiger partial charge in [0, 0.05) is 17.9 Å². The summed E-state index contributed by atoms with van der Waals surface area (Å²) >= 11 is 0. The van der Waals surface area contributed by atoms with Gasteiger partial charge >= 0.3 is 0 Å². The summed E-state index contributed by atoms with van der Waals surface area (Å²) in [5, 5.41) is 0.203. The zero-order valence-corrected chi connectivity index (χ0v) is 11.4. The number of nitrogens with zero attached hydrogens (tertiary/aromatic N) is 2. The van der Waals surface area contributed by atoms with Crippen molar-refractivity contribution < 1.29 is 8.42 Å². The lowest BCUT2D eigenvalue weighted by Crippen LogP contribution is -2.16. The standard InChI is InChI=1S/C11H20N2O2S/c1-6-16(14,15)11-12-7-10(8(2)3)13(11)9(4)5/h7-9H,6H2,1-5H3. The van der Waals surface area contributed by atoms with E-state index >= 15 is 0 Å². The molecular formula is C11H20N2O2S. The fraction of sp³-hybridized carbons (Fsp3) is 0.727. The van der Waals surface area contributed by atoms with E-state index in [4.69, 9.17) is 0 Å². The van der Waals surface area contributed by atoms with E-state index in [-0.39, 0.29) is 22.9 Å². The predicted octanol–water partition coefficient (Wildman–Crippen LogP) is 2.38. The van der Waals surface area contributed by atoms with Gasteiger partial charge in [0.05, 0.1) is 5.75 Å². The third-order valence-electron chi connectivity index (χ3n) is 2.56. The molecule has 16 heavy (non-hydrogen) atoms. The van der Waals surface area contributed by atoms with Crippen molar-refractivity contribution in [2.75, 3.05) is 5.75 Å². The third-order valence-corrected chi connectivity index (χ3v) is 4.18. The maximum atomic E-state index is 11.9. The monoisotopic (exact) mass is 244 g/mol. The van der Waals surface area contributed by atoms with Crippen molar-refractivity contribution in [3.05, 3.63) is 11.9 Å². The van der Waals surface area contributed by atoms with Crippen LogP contribution >= 0.6 is 0 Å². The molecule has 1 aromatic rings. The molecule has 0 radical (unpaired) electrons. The Hall–Kier alpha value is -0.840. The van der Waals surface area contributed by atoms with E-state index < -0.39 is 9.84 Å². The van der Waals surface area contributed by atoms with Crippen LogP contribution in [0, 0.1) is 0 Å². The van der Waals surface area contributed by atoms with E-state index in [1.165, 1.54) is 0 Å². The number of hydrogen-bond acceptors (Lipinski definition) is 3. The van der Waals surface area contributed by atoms with Gasteiger partial charge in [0.25, 0.3) is 0 Å². The predicted molar refractivity (Wildman–Crippen MR) is 64.4 cm³/mol. The van der Waals surface area contributed by atoms with Crippen molar-refractivity contribution in [3.63, 3.8) is 0 Å². The molecule has 92 valence electrons. The number of rotatable bonds is 4. The van der Waals surface area contributed by atoms with Crippen LogP contribution in [-0.4, -0.2) is 23.7 Å². The lowest BCUT2D eigenvalue weighted by atomic mass is 10.1. The Kier molecular flexibility index (Phi) is 3.78. The zero-order chi connectivity index (χ0) is 12.5. The van der Waals surface area contributed by atoms with Crippen molar-refractivity contribution in [1.29, 1.82) is 0 Å². The fourth-order valence-electron chi connectivity index (χ4n) is 1.66. The van der Waals surface area contributed by atoms with Gasteiger partial charge in [-0.25, -0.2) is 13.4 Å². The molecule has 4 nitrogen and oxygen atoms in total. The second-order valence-corrected chi connectivity index (χ2v) is 6.66. The fourth-order valence-corrected chi connectivity index (χ4v) is 2.75. The van der Waals surface area contributed by atoms with Crippen LogP contribution in [0.25, 0.3) is 0 Å². The van der Waals surface area contributed by atoms with Crippen LogP contribution in [0.2, 0.25) is 0 Å². The highest BCUT2D eigenvalue weighted by molar-refractivity contribution is 7.91. The smallest absolute Gasteiger partial charge is 0.228 e. The quantitative estimate of drug-likeness (QED) is 0.817. The normalized spacial score (nSPS) is 12.7. The summed E-state index contributed by atoms with van der Waals surface area (Å²) in [6, 6.07) is 0.108. The molecule has 0 saturated carbocycles. The van der Waals surface area contributed by atoms with Gasteiger partial charge in [-0.15, -0.1) is 0 Å². The van der Waals surface area contributed by atoms with Gasteiger partial charge in [-0.2, -0.15) is 0 Å². The van der Waals surface area contributed by atoms with E-state index in [2.05, 4.69) is 4.98 Å². The van der Waals surface area contributed by atoms with Crippen LogP contribution in [0.1, 0.15) is 52.3 Å². The first kappa shape index (κ1) is 13.2. The number of imidazole rings is 1. The average Bonchev–Trinajstić information content (AvgIpc) is 2.62. The van der Waals surface area contributed by atoms with Gasteiger partial charge in [-0.1, -0.05) is 20.8 Å². The van der Waals surface area contributed by atoms with E-state index in [9.17, 15) is 8.42 Å². The topological polar surface area (TPSA) is 52.0 Å². The van der Waals surface area contributed by atoms with Gasteiger partial charge in [0.1, 0.15) is 0 Å². The Bertz CT molecular complexity index is 458. The summed E-state index contributed by atoms with van der Waals surface area (Å²) in [6.45, 7) is 9.67. The van der Waals surface area contributed by atoms with Crippen LogP contribution in [0.5, 0.6) is 0 Å². The van der Waals surface area contributed by atoms with Gasteiger partial charge in [-0.3, -0.25) is 0 Å². The van der Waals surface area contributed by atoms with Crippen LogP contribution in [0.15, 0.2) is 11.4 Å². The maximum Gasteiger partial charge on any atom is 0.228 e. The average molecular weight is 244 g/mol. The van der Waals surface area contributed by atoms with Gasteiger partial charge < -0.3 is 4.57 Å². The molecule has 1 heterocycles. The molecule has 0 saturated heterocycles. The Morgan fingerprint density at radius 1 is 1.31 bits per heavy atom. The summed E-state index contributed by atoms with van der Waals surface area (Å²) in [5.41, 5.74) is 0.974. The third kappa shape index (κ3) is 2.29. The first-order valence-electron chi connectivity index (χ1n) is 5.61. The van der Waals surface area contributed by atoms with Gasteiger partial charge in [-0.05, 0) is 19.8 Å². The van der Waals surface area contributed by atoms with Crippen molar-refractivity contribution in [2.45, 2.75) is 51.7 Å². The molecule has 0 aliphatic heterocycles. The zero-order valence-electron chi connectivity index (χ0n) is 10.6. The van der Waals surface area contributed by atoms with Crippen molar-refractivity contribution >= 4 is 9.84 Å². The Balaban J connectivity index is 3.43. The minimum Gasteiger partial charge on any atom is -0.316 e. The summed E-state index contributed by atoms with van der Waals surface area (Å²) in [4.78, 5) is 4.08. The largest absolute Gasteiger partial charge is 0.316 e. The molecule has 5 heteroatoms. The molecule has 0 aliphatic carbocycles. The second-order valence-electron chi connectivity index (χ2n) is 4.49. The maximum absolute atomic E-state index is 11.9. The molecule has 0 bridgehead atoms. The molecule has 0 spiro atoms. The molecule has 0 amide bonds. The van der Waals surface area contributed by atoms with Crippen molar-refractivity contribution in [1.82, 2.24) is 9.55 Å². The second kappa shape index (κ2) is 4.57. The number of aromatic nitrogens is 2. The van der Waals surface area contributed by atoms with E-state index in [1.54, 1.807) is 13.1 Å². The van der Waals surface area contributed by atoms with Crippen molar-refractivity contribution in [2.24, 2.45) is 0 Å². The minimum absolute atomic E-state index is 0.0915. The number of hydrogen-bond donors (Lipinski definition) is 0. The van der Waals surface area contributed by atoms with Crippen LogP contribution in [0.3, 0.4) is 0 Å². The van der Waals surface area contributed by atoms with Crippen LogP contribution in [-0.2, 0) is 9.84 Å². The van der Waals surface area contributed by atoms with Crippen LogP contribution < -0.4 is 0 Å². The first-order chi connectivity index (χ1) is 7.31. The molecule has 1 aromatic heterocycles. The highest BCUT2D eigenvalue weighted by Crippen LogP contribution is 2.24. The molecule has 0 aliphatic rings. The highest BCUT2D eigenvalue weighted by Gasteiger charge is 2.23. The Morgan fingerprint density at radius 2 is 1.88 bits per heavy atom. The number of sulfone groups is 1. The Labute approximate surface area is 97.6 Å². The lowest BCUT2D eigenvalue weighted by Gasteiger charge is -2.17. The molecule has 0 fully saturated rings. The molecular weight excluding hydrogens is 224 g/mol. The molecule has 0 aromatic carbocycles. The van der Waals surface area contributed by atoms with E-state index in [1.807, 2.05) is 32.3 Å². The van der Waals surface area contributed by atoms with E-state index in [0.29, 0.717) is 0 Å².